The third-order valence-corrected chi connectivity index (χ3v) is 2.16. The minimum absolute atomic E-state index is 0.582. The summed E-state index contributed by atoms with van der Waals surface area (Å²) in [5, 5.41) is 9.82. The minimum atomic E-state index is -0.582. The van der Waals surface area contributed by atoms with E-state index in [1.165, 1.54) is 0 Å². The molecular weight excluding hydrogens is 148 g/mol. The van der Waals surface area contributed by atoms with Gasteiger partial charge in [-0.15, -0.1) is 0 Å². The monoisotopic (exact) mass is 168 g/mol. The van der Waals surface area contributed by atoms with E-state index in [2.05, 4.69) is 6.08 Å². The van der Waals surface area contributed by atoms with Crippen LogP contribution < -0.4 is 0 Å². The minimum Gasteiger partial charge on any atom is -0.386 e. The van der Waals surface area contributed by atoms with Gasteiger partial charge in [0.1, 0.15) is 0 Å². The second-order valence-electron chi connectivity index (χ2n) is 3.02. The molecule has 0 saturated heterocycles. The van der Waals surface area contributed by atoms with Gasteiger partial charge in [-0.05, 0) is 26.2 Å². The molecular formula is C11H20O. The number of allylic oxidation sites excluding steroid dienone is 3. The molecule has 0 amide bonds. The van der Waals surface area contributed by atoms with Crippen LogP contribution in [0.2, 0.25) is 0 Å². The van der Waals surface area contributed by atoms with Gasteiger partial charge in [-0.3, -0.25) is 0 Å². The molecule has 12 heavy (non-hydrogen) atoms. The molecule has 0 atom stereocenters. The number of hydrogen-bond donors (Lipinski definition) is 1. The van der Waals surface area contributed by atoms with E-state index in [1.54, 1.807) is 0 Å². The molecule has 0 aliphatic rings. The fourth-order valence-electron chi connectivity index (χ4n) is 0.988. The van der Waals surface area contributed by atoms with Crippen molar-refractivity contribution in [3.8, 4) is 0 Å². The highest BCUT2D eigenvalue weighted by Gasteiger charge is 2.16. The predicted octanol–water partition coefficient (Wildman–Crippen LogP) is 3.06. The molecule has 0 rings (SSSR count). The molecule has 0 unspecified atom stereocenters. The van der Waals surface area contributed by atoms with Crippen molar-refractivity contribution in [2.75, 3.05) is 0 Å². The smallest absolute Gasteiger partial charge is 0.0822 e. The maximum absolute atomic E-state index is 9.82. The van der Waals surface area contributed by atoms with Crippen LogP contribution in [0.15, 0.2) is 24.3 Å². The molecule has 0 spiro atoms. The third kappa shape index (κ3) is 4.35. The molecule has 0 fully saturated rings. The van der Waals surface area contributed by atoms with Gasteiger partial charge in [-0.25, -0.2) is 0 Å². The first-order valence-corrected chi connectivity index (χ1v) is 4.69. The molecule has 1 N–H and O–H groups in total. The van der Waals surface area contributed by atoms with Crippen molar-refractivity contribution in [2.45, 2.75) is 45.6 Å². The second-order valence-corrected chi connectivity index (χ2v) is 3.02. The lowest BCUT2D eigenvalue weighted by Gasteiger charge is -2.20. The zero-order valence-electron chi connectivity index (χ0n) is 8.38. The van der Waals surface area contributed by atoms with Gasteiger partial charge in [0.15, 0.2) is 0 Å². The maximum atomic E-state index is 9.82. The van der Waals surface area contributed by atoms with E-state index in [1.807, 2.05) is 39.0 Å². The fraction of sp³-hybridized carbons (Fsp3) is 0.636. The first-order chi connectivity index (χ1) is 5.68. The van der Waals surface area contributed by atoms with Gasteiger partial charge in [-0.2, -0.15) is 0 Å². The third-order valence-electron chi connectivity index (χ3n) is 2.16. The van der Waals surface area contributed by atoms with Crippen LogP contribution in [0.5, 0.6) is 0 Å². The fourth-order valence-corrected chi connectivity index (χ4v) is 0.988. The van der Waals surface area contributed by atoms with Gasteiger partial charge in [0, 0.05) is 0 Å². The highest BCUT2D eigenvalue weighted by Crippen LogP contribution is 2.16. The Morgan fingerprint density at radius 3 is 2.17 bits per heavy atom. The van der Waals surface area contributed by atoms with E-state index < -0.39 is 5.60 Å². The summed E-state index contributed by atoms with van der Waals surface area (Å²) in [6.45, 7) is 6.01. The molecule has 0 aliphatic heterocycles. The Hall–Kier alpha value is -0.560. The Kier molecular flexibility index (Phi) is 5.73. The summed E-state index contributed by atoms with van der Waals surface area (Å²) < 4.78 is 0. The van der Waals surface area contributed by atoms with Crippen LogP contribution in [0.25, 0.3) is 0 Å². The molecule has 0 aromatic rings. The van der Waals surface area contributed by atoms with E-state index in [0.717, 1.165) is 19.3 Å². The molecule has 0 heterocycles. The van der Waals surface area contributed by atoms with Crippen LogP contribution in [0.4, 0.5) is 0 Å². The Balaban J connectivity index is 3.92. The van der Waals surface area contributed by atoms with Gasteiger partial charge < -0.3 is 5.11 Å². The summed E-state index contributed by atoms with van der Waals surface area (Å²) in [6.07, 6.45) is 10.5. The zero-order chi connectivity index (χ0) is 9.45. The number of rotatable bonds is 5. The van der Waals surface area contributed by atoms with Crippen LogP contribution in [0, 0.1) is 0 Å². The van der Waals surface area contributed by atoms with Gasteiger partial charge in [-0.1, -0.05) is 38.2 Å². The Labute approximate surface area is 75.8 Å². The normalized spacial score (nSPS) is 13.3. The topological polar surface area (TPSA) is 20.2 Å². The maximum Gasteiger partial charge on any atom is 0.0822 e. The van der Waals surface area contributed by atoms with Gasteiger partial charge in [0.2, 0.25) is 0 Å². The van der Waals surface area contributed by atoms with Gasteiger partial charge >= 0.3 is 0 Å². The number of hydrogen-bond acceptors (Lipinski definition) is 1. The van der Waals surface area contributed by atoms with Crippen molar-refractivity contribution in [3.63, 3.8) is 0 Å². The van der Waals surface area contributed by atoms with Crippen LogP contribution >= 0.6 is 0 Å². The molecule has 0 aliphatic carbocycles. The van der Waals surface area contributed by atoms with Crippen molar-refractivity contribution < 1.29 is 5.11 Å². The quantitative estimate of drug-likeness (QED) is 0.625. The summed E-state index contributed by atoms with van der Waals surface area (Å²) in [4.78, 5) is 0. The zero-order valence-corrected chi connectivity index (χ0v) is 8.38. The van der Waals surface area contributed by atoms with Crippen molar-refractivity contribution in [1.29, 1.82) is 0 Å². The Morgan fingerprint density at radius 1 is 1.17 bits per heavy atom. The van der Waals surface area contributed by atoms with Crippen LogP contribution in [-0.4, -0.2) is 10.7 Å². The van der Waals surface area contributed by atoms with Crippen LogP contribution in [0.3, 0.4) is 0 Å². The number of aliphatic hydroxyl groups is 1. The second kappa shape index (κ2) is 6.01. The van der Waals surface area contributed by atoms with Crippen molar-refractivity contribution in [2.24, 2.45) is 0 Å². The molecule has 70 valence electrons. The van der Waals surface area contributed by atoms with Crippen LogP contribution in [-0.2, 0) is 0 Å². The van der Waals surface area contributed by atoms with Crippen molar-refractivity contribution >= 4 is 0 Å². The SMILES string of the molecule is C/C=C/C/C=C/C(O)(CC)CC. The average molecular weight is 168 g/mol. The summed E-state index contributed by atoms with van der Waals surface area (Å²) >= 11 is 0. The van der Waals surface area contributed by atoms with Gasteiger partial charge in [0.05, 0.1) is 5.60 Å². The summed E-state index contributed by atoms with van der Waals surface area (Å²) in [6, 6.07) is 0. The average Bonchev–Trinajstić information content (AvgIpc) is 2.12. The lowest BCUT2D eigenvalue weighted by molar-refractivity contribution is 0.0826. The standard InChI is InChI=1S/C11H20O/c1-4-7-8-9-10-11(12,5-2)6-3/h4,7,9-10,12H,5-6,8H2,1-3H3/b7-4+,10-9+. The highest BCUT2D eigenvalue weighted by molar-refractivity contribution is 5.02. The summed E-state index contributed by atoms with van der Waals surface area (Å²) in [5.74, 6) is 0. The van der Waals surface area contributed by atoms with E-state index in [0.29, 0.717) is 0 Å². The van der Waals surface area contributed by atoms with Crippen LogP contribution in [0.1, 0.15) is 40.0 Å². The van der Waals surface area contributed by atoms with Crippen molar-refractivity contribution in [1.82, 2.24) is 0 Å². The largest absolute Gasteiger partial charge is 0.386 e. The molecule has 0 aromatic heterocycles. The lowest BCUT2D eigenvalue weighted by Crippen LogP contribution is -2.22. The first-order valence-electron chi connectivity index (χ1n) is 4.69. The van der Waals surface area contributed by atoms with Crippen molar-refractivity contribution in [3.05, 3.63) is 24.3 Å². The molecule has 0 radical (unpaired) electrons. The first kappa shape index (κ1) is 11.4. The highest BCUT2D eigenvalue weighted by atomic mass is 16.3. The van der Waals surface area contributed by atoms with Gasteiger partial charge in [0.25, 0.3) is 0 Å². The molecule has 0 aromatic carbocycles. The Bertz CT molecular complexity index is 152. The van der Waals surface area contributed by atoms with E-state index in [-0.39, 0.29) is 0 Å². The summed E-state index contributed by atoms with van der Waals surface area (Å²) in [5.41, 5.74) is -0.582. The molecule has 1 heteroatoms. The molecule has 0 bridgehead atoms. The van der Waals surface area contributed by atoms with E-state index in [9.17, 15) is 5.11 Å². The molecule has 0 saturated carbocycles. The lowest BCUT2D eigenvalue weighted by atomic mass is 9.97. The van der Waals surface area contributed by atoms with E-state index in [4.69, 9.17) is 0 Å². The molecule has 1 nitrogen and oxygen atoms in total. The Morgan fingerprint density at radius 2 is 1.75 bits per heavy atom. The van der Waals surface area contributed by atoms with E-state index >= 15 is 0 Å². The predicted molar refractivity (Wildman–Crippen MR) is 54.1 cm³/mol. The summed E-state index contributed by atoms with van der Waals surface area (Å²) in [7, 11) is 0.